The highest BCUT2D eigenvalue weighted by molar-refractivity contribution is 5.70. The standard InChI is InChI=1S/C13H16N2O2/c1-3-17-13(16)8-9-15(2)12-6-4-11(10-14)5-7-12/h4-7H,3,8-9H2,1-2H3. The summed E-state index contributed by atoms with van der Waals surface area (Å²) < 4.78 is 4.86. The first-order chi connectivity index (χ1) is 8.17. The van der Waals surface area contributed by atoms with E-state index in [-0.39, 0.29) is 5.97 Å². The van der Waals surface area contributed by atoms with Gasteiger partial charge >= 0.3 is 5.97 Å². The molecule has 0 amide bonds. The molecular weight excluding hydrogens is 216 g/mol. The number of esters is 1. The molecule has 0 aromatic heterocycles. The van der Waals surface area contributed by atoms with Crippen molar-refractivity contribution in [2.45, 2.75) is 13.3 Å². The molecule has 1 rings (SSSR count). The summed E-state index contributed by atoms with van der Waals surface area (Å²) in [7, 11) is 1.90. The molecule has 0 saturated heterocycles. The van der Waals surface area contributed by atoms with Crippen molar-refractivity contribution in [3.63, 3.8) is 0 Å². The number of carbonyl (C=O) groups excluding carboxylic acids is 1. The quantitative estimate of drug-likeness (QED) is 0.728. The molecule has 0 unspecified atom stereocenters. The van der Waals surface area contributed by atoms with Gasteiger partial charge in [-0.25, -0.2) is 0 Å². The topological polar surface area (TPSA) is 53.3 Å². The van der Waals surface area contributed by atoms with E-state index in [4.69, 9.17) is 10.00 Å². The highest BCUT2D eigenvalue weighted by Crippen LogP contribution is 2.13. The molecule has 17 heavy (non-hydrogen) atoms. The van der Waals surface area contributed by atoms with Gasteiger partial charge in [-0.3, -0.25) is 4.79 Å². The highest BCUT2D eigenvalue weighted by atomic mass is 16.5. The molecule has 0 atom stereocenters. The van der Waals surface area contributed by atoms with Gasteiger partial charge in [0.15, 0.2) is 0 Å². The van der Waals surface area contributed by atoms with Gasteiger partial charge in [-0.2, -0.15) is 5.26 Å². The van der Waals surface area contributed by atoms with Crippen molar-refractivity contribution in [1.82, 2.24) is 0 Å². The van der Waals surface area contributed by atoms with E-state index >= 15 is 0 Å². The average molecular weight is 232 g/mol. The first-order valence-electron chi connectivity index (χ1n) is 5.54. The third-order valence-electron chi connectivity index (χ3n) is 2.39. The maximum Gasteiger partial charge on any atom is 0.307 e. The molecule has 4 nitrogen and oxygen atoms in total. The van der Waals surface area contributed by atoms with Gasteiger partial charge in [0.25, 0.3) is 0 Å². The van der Waals surface area contributed by atoms with Crippen LogP contribution in [0.25, 0.3) is 0 Å². The van der Waals surface area contributed by atoms with Crippen LogP contribution in [0, 0.1) is 11.3 Å². The Morgan fingerprint density at radius 1 is 1.41 bits per heavy atom. The molecule has 0 aliphatic heterocycles. The second-order valence-electron chi connectivity index (χ2n) is 3.64. The predicted octanol–water partition coefficient (Wildman–Crippen LogP) is 1.95. The van der Waals surface area contributed by atoms with Crippen LogP contribution in [-0.2, 0) is 9.53 Å². The first kappa shape index (κ1) is 13.0. The molecule has 0 heterocycles. The lowest BCUT2D eigenvalue weighted by atomic mass is 10.2. The largest absolute Gasteiger partial charge is 0.466 e. The van der Waals surface area contributed by atoms with Crippen molar-refractivity contribution in [2.24, 2.45) is 0 Å². The minimum Gasteiger partial charge on any atom is -0.466 e. The molecular formula is C13H16N2O2. The number of rotatable bonds is 5. The third-order valence-corrected chi connectivity index (χ3v) is 2.39. The van der Waals surface area contributed by atoms with Gasteiger partial charge in [-0.15, -0.1) is 0 Å². The van der Waals surface area contributed by atoms with Gasteiger partial charge in [-0.1, -0.05) is 0 Å². The van der Waals surface area contributed by atoms with Crippen molar-refractivity contribution in [1.29, 1.82) is 5.26 Å². The van der Waals surface area contributed by atoms with E-state index < -0.39 is 0 Å². The molecule has 1 aromatic rings. The molecule has 0 spiro atoms. The summed E-state index contributed by atoms with van der Waals surface area (Å²) in [6.45, 7) is 2.81. The molecule has 0 radical (unpaired) electrons. The fraction of sp³-hybridized carbons (Fsp3) is 0.385. The van der Waals surface area contributed by atoms with E-state index in [0.717, 1.165) is 5.69 Å². The summed E-state index contributed by atoms with van der Waals surface area (Å²) in [5, 5.41) is 8.68. The van der Waals surface area contributed by atoms with Crippen LogP contribution in [0.15, 0.2) is 24.3 Å². The van der Waals surface area contributed by atoms with Crippen LogP contribution in [0.3, 0.4) is 0 Å². The fourth-order valence-electron chi connectivity index (χ4n) is 1.41. The minimum atomic E-state index is -0.187. The van der Waals surface area contributed by atoms with Crippen LogP contribution >= 0.6 is 0 Å². The van der Waals surface area contributed by atoms with Crippen molar-refractivity contribution < 1.29 is 9.53 Å². The Hall–Kier alpha value is -2.02. The lowest BCUT2D eigenvalue weighted by Gasteiger charge is -2.18. The molecule has 90 valence electrons. The summed E-state index contributed by atoms with van der Waals surface area (Å²) in [4.78, 5) is 13.1. The Balaban J connectivity index is 2.49. The van der Waals surface area contributed by atoms with Gasteiger partial charge in [0, 0.05) is 19.3 Å². The first-order valence-corrected chi connectivity index (χ1v) is 5.54. The van der Waals surface area contributed by atoms with E-state index in [1.165, 1.54) is 0 Å². The second-order valence-corrected chi connectivity index (χ2v) is 3.64. The number of carbonyl (C=O) groups is 1. The lowest BCUT2D eigenvalue weighted by molar-refractivity contribution is -0.142. The number of nitriles is 1. The molecule has 0 aliphatic rings. The van der Waals surface area contributed by atoms with Gasteiger partial charge < -0.3 is 9.64 Å². The van der Waals surface area contributed by atoms with Crippen molar-refractivity contribution in [3.05, 3.63) is 29.8 Å². The van der Waals surface area contributed by atoms with E-state index in [1.54, 1.807) is 19.1 Å². The third kappa shape index (κ3) is 4.15. The van der Waals surface area contributed by atoms with Crippen LogP contribution in [0.2, 0.25) is 0 Å². The number of hydrogen-bond acceptors (Lipinski definition) is 4. The summed E-state index contributed by atoms with van der Waals surface area (Å²) in [5.41, 5.74) is 1.61. The molecule has 0 N–H and O–H groups in total. The number of nitrogens with zero attached hydrogens (tertiary/aromatic N) is 2. The smallest absolute Gasteiger partial charge is 0.307 e. The summed E-state index contributed by atoms with van der Waals surface area (Å²) in [5.74, 6) is -0.187. The number of hydrogen-bond donors (Lipinski definition) is 0. The van der Waals surface area contributed by atoms with E-state index in [2.05, 4.69) is 6.07 Å². The Morgan fingerprint density at radius 3 is 2.59 bits per heavy atom. The molecule has 0 aliphatic carbocycles. The minimum absolute atomic E-state index is 0.187. The van der Waals surface area contributed by atoms with Gasteiger partial charge in [0.05, 0.1) is 24.7 Å². The Bertz CT molecular complexity index is 406. The average Bonchev–Trinajstić information content (AvgIpc) is 2.36. The number of benzene rings is 1. The van der Waals surface area contributed by atoms with Crippen LogP contribution in [0.1, 0.15) is 18.9 Å². The monoisotopic (exact) mass is 232 g/mol. The van der Waals surface area contributed by atoms with Crippen LogP contribution in [0.5, 0.6) is 0 Å². The van der Waals surface area contributed by atoms with Gasteiger partial charge in [0.2, 0.25) is 0 Å². The van der Waals surface area contributed by atoms with Crippen LogP contribution < -0.4 is 4.90 Å². The van der Waals surface area contributed by atoms with Crippen LogP contribution in [0.4, 0.5) is 5.69 Å². The molecule has 0 saturated carbocycles. The van der Waals surface area contributed by atoms with Crippen molar-refractivity contribution >= 4 is 11.7 Å². The molecule has 0 bridgehead atoms. The summed E-state index contributed by atoms with van der Waals surface area (Å²) in [6, 6.07) is 9.32. The summed E-state index contributed by atoms with van der Waals surface area (Å²) >= 11 is 0. The molecule has 1 aromatic carbocycles. The maximum atomic E-state index is 11.2. The zero-order chi connectivity index (χ0) is 12.7. The van der Waals surface area contributed by atoms with Gasteiger partial charge in [-0.05, 0) is 31.2 Å². The zero-order valence-electron chi connectivity index (χ0n) is 10.1. The number of ether oxygens (including phenoxy) is 1. The van der Waals surface area contributed by atoms with Crippen LogP contribution in [-0.4, -0.2) is 26.2 Å². The Labute approximate surface area is 101 Å². The van der Waals surface area contributed by atoms with Crippen molar-refractivity contribution in [3.8, 4) is 6.07 Å². The van der Waals surface area contributed by atoms with Crippen molar-refractivity contribution in [2.75, 3.05) is 25.1 Å². The lowest BCUT2D eigenvalue weighted by Crippen LogP contribution is -2.21. The predicted molar refractivity (Wildman–Crippen MR) is 65.7 cm³/mol. The van der Waals surface area contributed by atoms with Gasteiger partial charge in [0.1, 0.15) is 0 Å². The SMILES string of the molecule is CCOC(=O)CCN(C)c1ccc(C#N)cc1. The van der Waals surface area contributed by atoms with E-state index in [9.17, 15) is 4.79 Å². The zero-order valence-corrected chi connectivity index (χ0v) is 10.1. The Morgan fingerprint density at radius 2 is 2.06 bits per heavy atom. The number of anilines is 1. The normalized spacial score (nSPS) is 9.47. The maximum absolute atomic E-state index is 11.2. The second kappa shape index (κ2) is 6.54. The Kier molecular flexibility index (Phi) is 5.02. The molecule has 0 fully saturated rings. The highest BCUT2D eigenvalue weighted by Gasteiger charge is 2.05. The molecule has 4 heteroatoms. The fourth-order valence-corrected chi connectivity index (χ4v) is 1.41. The summed E-state index contributed by atoms with van der Waals surface area (Å²) in [6.07, 6.45) is 0.365. The van der Waals surface area contributed by atoms with E-state index in [1.807, 2.05) is 24.1 Å². The van der Waals surface area contributed by atoms with E-state index in [0.29, 0.717) is 25.1 Å².